The number of fused-ring (bicyclic) bond motifs is 2. The molecule has 0 heterocycles. The predicted molar refractivity (Wildman–Crippen MR) is 243 cm³/mol. The topological polar surface area (TPSA) is 60.7 Å². The fourth-order valence-corrected chi connectivity index (χ4v) is 10.5. The molecule has 0 aliphatic carbocycles. The Kier molecular flexibility index (Phi) is 10.2. The van der Waals surface area contributed by atoms with Crippen LogP contribution in [0.5, 0.6) is 0 Å². The summed E-state index contributed by atoms with van der Waals surface area (Å²) in [6, 6.07) is 23.4. The van der Waals surface area contributed by atoms with Crippen LogP contribution in [-0.4, -0.2) is 14.7 Å². The Morgan fingerprint density at radius 3 is 1.16 bits per heavy atom. The Hall–Kier alpha value is -3.07. The van der Waals surface area contributed by atoms with Gasteiger partial charge in [-0.3, -0.25) is 0 Å². The van der Waals surface area contributed by atoms with Crippen LogP contribution in [0.2, 0.25) is 0 Å². The van der Waals surface area contributed by atoms with Gasteiger partial charge in [0.05, 0.1) is 0 Å². The van der Waals surface area contributed by atoms with Gasteiger partial charge in [-0.25, -0.2) is 0 Å². The quantitative estimate of drug-likeness (QED) is 0.160. The van der Waals surface area contributed by atoms with E-state index in [0.29, 0.717) is 5.56 Å². The maximum absolute atomic E-state index is 13.1. The zero-order chi connectivity index (χ0) is 41.9. The summed E-state index contributed by atoms with van der Waals surface area (Å²) in [5.41, 5.74) is 7.89. The van der Waals surface area contributed by atoms with Crippen LogP contribution in [0, 0.1) is 6.92 Å². The second kappa shape index (κ2) is 13.0. The molecule has 0 unspecified atom stereocenters. The number of benzene rings is 5. The van der Waals surface area contributed by atoms with Gasteiger partial charge in [-0.15, -0.1) is 0 Å². The molecule has 0 bridgehead atoms. The monoisotopic (exact) mass is 763 g/mol. The third kappa shape index (κ3) is 8.20. The van der Waals surface area contributed by atoms with Crippen molar-refractivity contribution in [3.05, 3.63) is 106 Å². The fourth-order valence-electron chi connectivity index (χ4n) is 8.06. The SMILES string of the molecule is Cc1ccc(P(O)(O)(O)c2cc3c(C(C)(C)C)cc(C(C)(C)C)cc3cc2C(C)(C)C)c(-c2cc3c(C(C)(C)C)cc(C(C)(C)C)cc3cc2C(C)(C)C)c1. The third-order valence-electron chi connectivity index (χ3n) is 11.5. The van der Waals surface area contributed by atoms with Crippen molar-refractivity contribution in [1.82, 2.24) is 0 Å². The van der Waals surface area contributed by atoms with Gasteiger partial charge in [-0.1, -0.05) is 0 Å². The van der Waals surface area contributed by atoms with Crippen molar-refractivity contribution in [2.75, 3.05) is 0 Å². The van der Waals surface area contributed by atoms with Crippen molar-refractivity contribution in [3.63, 3.8) is 0 Å². The van der Waals surface area contributed by atoms with E-state index in [4.69, 9.17) is 0 Å². The Morgan fingerprint density at radius 2 is 0.764 bits per heavy atom. The Labute approximate surface area is 333 Å². The molecule has 0 aliphatic heterocycles. The van der Waals surface area contributed by atoms with Crippen LogP contribution in [0.25, 0.3) is 32.7 Å². The van der Waals surface area contributed by atoms with Gasteiger partial charge >= 0.3 is 335 Å². The Bertz CT molecular complexity index is 2310. The normalized spacial score (nSPS) is 14.8. The summed E-state index contributed by atoms with van der Waals surface area (Å²) in [5, 5.41) is 4.64. The van der Waals surface area contributed by atoms with Crippen LogP contribution in [0.15, 0.2) is 66.7 Å². The summed E-state index contributed by atoms with van der Waals surface area (Å²) in [6.45, 7) is 41.8. The van der Waals surface area contributed by atoms with E-state index < -0.39 is 12.7 Å². The molecule has 298 valence electrons. The van der Waals surface area contributed by atoms with E-state index in [9.17, 15) is 14.7 Å². The molecule has 0 atom stereocenters. The van der Waals surface area contributed by atoms with Gasteiger partial charge in [-0.2, -0.15) is 0 Å². The molecule has 3 nitrogen and oxygen atoms in total. The van der Waals surface area contributed by atoms with Gasteiger partial charge in [0.15, 0.2) is 0 Å². The summed E-state index contributed by atoms with van der Waals surface area (Å²) < 4.78 is 0. The van der Waals surface area contributed by atoms with E-state index in [-0.39, 0.29) is 37.7 Å². The summed E-state index contributed by atoms with van der Waals surface area (Å²) in [6.07, 6.45) is 0. The molecule has 0 spiro atoms. The van der Waals surface area contributed by atoms with Crippen LogP contribution < -0.4 is 10.6 Å². The molecule has 0 aliphatic rings. The molecule has 0 saturated carbocycles. The molecule has 0 amide bonds. The van der Waals surface area contributed by atoms with E-state index in [1.54, 1.807) is 6.07 Å². The number of hydrogen-bond acceptors (Lipinski definition) is 3. The third-order valence-corrected chi connectivity index (χ3v) is 14.0. The van der Waals surface area contributed by atoms with E-state index in [2.05, 4.69) is 167 Å². The zero-order valence-corrected chi connectivity index (χ0v) is 38.5. The first-order valence-electron chi connectivity index (χ1n) is 20.2. The van der Waals surface area contributed by atoms with Crippen LogP contribution >= 0.6 is 7.28 Å². The van der Waals surface area contributed by atoms with E-state index in [1.807, 2.05) is 25.1 Å². The molecule has 5 aromatic carbocycles. The van der Waals surface area contributed by atoms with E-state index in [1.165, 1.54) is 22.1 Å². The Balaban J connectivity index is 1.97. The summed E-state index contributed by atoms with van der Waals surface area (Å²) in [5.74, 6) is 0. The van der Waals surface area contributed by atoms with Crippen molar-refractivity contribution < 1.29 is 14.7 Å². The van der Waals surface area contributed by atoms with Crippen LogP contribution in [-0.2, 0) is 32.5 Å². The standard InChI is InChI=1S/C51H71O3P/c1-31-20-21-44(39(22-31)38-29-36-32(25-40(38)48(8,9)10)23-34(46(2,3)4)27-41(36)49(11,12)13)55(52,53,54)45-30-37-33(26-43(45)51(17,18)19)24-35(47(5,6)7)28-42(37)50(14,15)16/h20-30,52-54H,1-19H3. The summed E-state index contributed by atoms with van der Waals surface area (Å²) in [7, 11) is -5.87. The van der Waals surface area contributed by atoms with Crippen LogP contribution in [0.4, 0.5) is 0 Å². The second-order valence-corrected chi connectivity index (χ2v) is 25.7. The maximum atomic E-state index is 13.1. The molecule has 0 fully saturated rings. The van der Waals surface area contributed by atoms with E-state index in [0.717, 1.165) is 44.0 Å². The molecule has 0 radical (unpaired) electrons. The first-order chi connectivity index (χ1) is 24.5. The molecular formula is C51H71O3P. The van der Waals surface area contributed by atoms with E-state index >= 15 is 0 Å². The molecule has 55 heavy (non-hydrogen) atoms. The van der Waals surface area contributed by atoms with Crippen LogP contribution in [0.1, 0.15) is 164 Å². The molecule has 5 aromatic rings. The van der Waals surface area contributed by atoms with Crippen molar-refractivity contribution >= 4 is 39.4 Å². The van der Waals surface area contributed by atoms with Gasteiger partial charge in [0.25, 0.3) is 0 Å². The number of hydrogen-bond donors (Lipinski definition) is 3. The van der Waals surface area contributed by atoms with Crippen molar-refractivity contribution in [2.45, 2.75) is 164 Å². The minimum absolute atomic E-state index is 0.0355. The first-order valence-corrected chi connectivity index (χ1v) is 22.2. The molecule has 0 aromatic heterocycles. The first kappa shape index (κ1) is 43.1. The fraction of sp³-hybridized carbons (Fsp3) is 0.490. The molecule has 5 rings (SSSR count). The minimum atomic E-state index is -5.87. The van der Waals surface area contributed by atoms with Gasteiger partial charge in [0, 0.05) is 0 Å². The van der Waals surface area contributed by atoms with Crippen LogP contribution in [0.3, 0.4) is 0 Å². The average Bonchev–Trinajstić information content (AvgIpc) is 2.99. The van der Waals surface area contributed by atoms with Gasteiger partial charge < -0.3 is 0 Å². The second-order valence-electron chi connectivity index (χ2n) is 22.8. The Morgan fingerprint density at radius 1 is 0.364 bits per heavy atom. The summed E-state index contributed by atoms with van der Waals surface area (Å²) in [4.78, 5) is 39.3. The van der Waals surface area contributed by atoms with Crippen molar-refractivity contribution in [2.24, 2.45) is 0 Å². The molecule has 3 N–H and O–H groups in total. The zero-order valence-electron chi connectivity index (χ0n) is 37.6. The van der Waals surface area contributed by atoms with Crippen molar-refractivity contribution in [1.29, 1.82) is 0 Å². The molecule has 0 saturated heterocycles. The van der Waals surface area contributed by atoms with Gasteiger partial charge in [0.1, 0.15) is 0 Å². The van der Waals surface area contributed by atoms with Gasteiger partial charge in [0.2, 0.25) is 0 Å². The number of rotatable bonds is 3. The molecule has 4 heteroatoms. The number of aryl methyl sites for hydroxylation is 1. The van der Waals surface area contributed by atoms with Crippen molar-refractivity contribution in [3.8, 4) is 11.1 Å². The average molecular weight is 763 g/mol. The summed E-state index contributed by atoms with van der Waals surface area (Å²) >= 11 is 0. The molecular weight excluding hydrogens is 692 g/mol. The van der Waals surface area contributed by atoms with Gasteiger partial charge in [-0.05, 0) is 0 Å². The predicted octanol–water partition coefficient (Wildman–Crippen LogP) is 13.0.